The van der Waals surface area contributed by atoms with Gasteiger partial charge in [0.05, 0.1) is 6.10 Å². The Kier molecular flexibility index (Phi) is 4.80. The molecule has 1 N–H and O–H groups in total. The maximum atomic E-state index is 12.3. The smallest absolute Gasteiger partial charge is 0.243 e. The fourth-order valence-corrected chi connectivity index (χ4v) is 2.97. The zero-order valence-corrected chi connectivity index (χ0v) is 11.9. The van der Waals surface area contributed by atoms with E-state index in [-0.39, 0.29) is 30.0 Å². The molecule has 2 aliphatic heterocycles. The van der Waals surface area contributed by atoms with Crippen molar-refractivity contribution in [2.75, 3.05) is 13.2 Å². The Morgan fingerprint density at radius 3 is 2.95 bits per heavy atom. The number of carbonyl (C=O) groups is 2. The van der Waals surface area contributed by atoms with Crippen molar-refractivity contribution in [3.8, 4) is 0 Å². The topological polar surface area (TPSA) is 58.6 Å². The number of ether oxygens (including phenoxy) is 1. The van der Waals surface area contributed by atoms with Crippen molar-refractivity contribution < 1.29 is 14.3 Å². The monoisotopic (exact) mass is 268 g/mol. The number of hydrogen-bond acceptors (Lipinski definition) is 3. The Morgan fingerprint density at radius 1 is 1.58 bits per heavy atom. The Balaban J connectivity index is 1.91. The minimum atomic E-state index is -0.298. The van der Waals surface area contributed by atoms with E-state index in [9.17, 15) is 9.59 Å². The summed E-state index contributed by atoms with van der Waals surface area (Å²) in [6, 6.07) is -0.115. The third-order valence-electron chi connectivity index (χ3n) is 4.01. The van der Waals surface area contributed by atoms with Crippen LogP contribution < -0.4 is 5.32 Å². The van der Waals surface area contributed by atoms with Crippen LogP contribution in [0.5, 0.6) is 0 Å². The van der Waals surface area contributed by atoms with Gasteiger partial charge in [0.25, 0.3) is 0 Å². The van der Waals surface area contributed by atoms with Gasteiger partial charge in [0, 0.05) is 25.6 Å². The minimum Gasteiger partial charge on any atom is -0.378 e. The zero-order chi connectivity index (χ0) is 13.8. The molecule has 0 aromatic rings. The summed E-state index contributed by atoms with van der Waals surface area (Å²) in [5.41, 5.74) is 0. The molecule has 19 heavy (non-hydrogen) atoms. The molecule has 0 radical (unpaired) electrons. The van der Waals surface area contributed by atoms with Crippen LogP contribution in [0.2, 0.25) is 0 Å². The average molecular weight is 268 g/mol. The van der Waals surface area contributed by atoms with Gasteiger partial charge >= 0.3 is 0 Å². The van der Waals surface area contributed by atoms with E-state index in [0.29, 0.717) is 19.4 Å². The van der Waals surface area contributed by atoms with Crippen molar-refractivity contribution in [3.63, 3.8) is 0 Å². The number of nitrogens with zero attached hydrogens (tertiary/aromatic N) is 1. The fourth-order valence-electron chi connectivity index (χ4n) is 2.97. The molecule has 2 saturated heterocycles. The Bertz CT molecular complexity index is 346. The maximum Gasteiger partial charge on any atom is 0.243 e. The largest absolute Gasteiger partial charge is 0.378 e. The number of carbonyl (C=O) groups excluding carboxylic acids is 2. The molecule has 0 aromatic heterocycles. The van der Waals surface area contributed by atoms with Crippen molar-refractivity contribution in [2.45, 2.75) is 64.1 Å². The van der Waals surface area contributed by atoms with E-state index in [1.54, 1.807) is 4.90 Å². The molecule has 5 nitrogen and oxygen atoms in total. The van der Waals surface area contributed by atoms with E-state index in [1.165, 1.54) is 0 Å². The lowest BCUT2D eigenvalue weighted by Gasteiger charge is -2.31. The van der Waals surface area contributed by atoms with E-state index in [0.717, 1.165) is 25.8 Å². The maximum absolute atomic E-state index is 12.3. The lowest BCUT2D eigenvalue weighted by molar-refractivity contribution is -0.138. The van der Waals surface area contributed by atoms with E-state index in [4.69, 9.17) is 4.74 Å². The van der Waals surface area contributed by atoms with Crippen LogP contribution in [0.25, 0.3) is 0 Å². The third kappa shape index (κ3) is 3.47. The molecule has 0 aliphatic carbocycles. The van der Waals surface area contributed by atoms with Crippen LogP contribution in [0.3, 0.4) is 0 Å². The lowest BCUT2D eigenvalue weighted by Crippen LogP contribution is -2.51. The highest BCUT2D eigenvalue weighted by Gasteiger charge is 2.33. The highest BCUT2D eigenvalue weighted by molar-refractivity contribution is 5.88. The number of nitrogens with one attached hydrogen (secondary N) is 1. The standard InChI is InChI=1S/C14H24N2O3/c1-3-12(16-7-4-5-13(16)17)14(18)15-11-6-8-19-10(2)9-11/h10-12H,3-9H2,1-2H3,(H,15,18). The molecule has 0 aromatic carbocycles. The Hall–Kier alpha value is -1.10. The Labute approximate surface area is 114 Å². The summed E-state index contributed by atoms with van der Waals surface area (Å²) in [6.07, 6.45) is 4.05. The van der Waals surface area contributed by atoms with Crippen LogP contribution in [0.4, 0.5) is 0 Å². The second-order valence-electron chi connectivity index (χ2n) is 5.53. The lowest BCUT2D eigenvalue weighted by atomic mass is 10.0. The second kappa shape index (κ2) is 6.37. The molecule has 0 saturated carbocycles. The number of amides is 2. The Morgan fingerprint density at radius 2 is 2.37 bits per heavy atom. The summed E-state index contributed by atoms with van der Waals surface area (Å²) in [4.78, 5) is 25.8. The molecule has 108 valence electrons. The van der Waals surface area contributed by atoms with Crippen molar-refractivity contribution in [2.24, 2.45) is 0 Å². The number of hydrogen-bond donors (Lipinski definition) is 1. The summed E-state index contributed by atoms with van der Waals surface area (Å²) in [5.74, 6) is 0.110. The van der Waals surface area contributed by atoms with E-state index in [1.807, 2.05) is 13.8 Å². The van der Waals surface area contributed by atoms with Gasteiger partial charge in [0.2, 0.25) is 11.8 Å². The van der Waals surface area contributed by atoms with Gasteiger partial charge in [0.15, 0.2) is 0 Å². The predicted octanol–water partition coefficient (Wildman–Crippen LogP) is 1.07. The van der Waals surface area contributed by atoms with Gasteiger partial charge in [-0.25, -0.2) is 0 Å². The van der Waals surface area contributed by atoms with E-state index in [2.05, 4.69) is 5.32 Å². The van der Waals surface area contributed by atoms with Crippen LogP contribution in [0, 0.1) is 0 Å². The van der Waals surface area contributed by atoms with Crippen molar-refractivity contribution in [1.29, 1.82) is 0 Å². The molecule has 3 atom stereocenters. The van der Waals surface area contributed by atoms with Gasteiger partial charge in [0.1, 0.15) is 6.04 Å². The molecule has 2 heterocycles. The first-order valence-corrected chi connectivity index (χ1v) is 7.33. The second-order valence-corrected chi connectivity index (χ2v) is 5.53. The van der Waals surface area contributed by atoms with Gasteiger partial charge in [-0.2, -0.15) is 0 Å². The molecular weight excluding hydrogens is 244 g/mol. The van der Waals surface area contributed by atoms with Crippen LogP contribution in [0.1, 0.15) is 46.0 Å². The molecule has 2 rings (SSSR count). The first-order valence-electron chi connectivity index (χ1n) is 7.33. The van der Waals surface area contributed by atoms with Crippen LogP contribution in [-0.2, 0) is 14.3 Å². The highest BCUT2D eigenvalue weighted by Crippen LogP contribution is 2.18. The van der Waals surface area contributed by atoms with E-state index < -0.39 is 0 Å². The zero-order valence-electron chi connectivity index (χ0n) is 11.9. The van der Waals surface area contributed by atoms with Gasteiger partial charge < -0.3 is 15.0 Å². The quantitative estimate of drug-likeness (QED) is 0.829. The summed E-state index contributed by atoms with van der Waals surface area (Å²) in [7, 11) is 0. The highest BCUT2D eigenvalue weighted by atomic mass is 16.5. The molecule has 5 heteroatoms. The van der Waals surface area contributed by atoms with Gasteiger partial charge in [-0.3, -0.25) is 9.59 Å². The van der Waals surface area contributed by atoms with Crippen molar-refractivity contribution in [1.82, 2.24) is 10.2 Å². The molecule has 2 aliphatic rings. The van der Waals surface area contributed by atoms with Gasteiger partial charge in [-0.05, 0) is 32.6 Å². The predicted molar refractivity (Wildman–Crippen MR) is 71.6 cm³/mol. The first-order chi connectivity index (χ1) is 9.11. The third-order valence-corrected chi connectivity index (χ3v) is 4.01. The van der Waals surface area contributed by atoms with Crippen molar-refractivity contribution >= 4 is 11.8 Å². The molecule has 3 unspecified atom stereocenters. The minimum absolute atomic E-state index is 0.00292. The molecule has 2 fully saturated rings. The first kappa shape index (κ1) is 14.3. The molecule has 0 bridgehead atoms. The number of likely N-dealkylation sites (tertiary alicyclic amines) is 1. The van der Waals surface area contributed by atoms with Crippen LogP contribution >= 0.6 is 0 Å². The van der Waals surface area contributed by atoms with Crippen LogP contribution in [-0.4, -0.2) is 48.1 Å². The summed E-state index contributed by atoms with van der Waals surface area (Å²) >= 11 is 0. The van der Waals surface area contributed by atoms with Crippen LogP contribution in [0.15, 0.2) is 0 Å². The van der Waals surface area contributed by atoms with Crippen molar-refractivity contribution in [3.05, 3.63) is 0 Å². The summed E-state index contributed by atoms with van der Waals surface area (Å²) in [5, 5.41) is 3.08. The summed E-state index contributed by atoms with van der Waals surface area (Å²) < 4.78 is 5.48. The normalized spacial score (nSPS) is 29.4. The molecule has 2 amide bonds. The number of rotatable bonds is 4. The summed E-state index contributed by atoms with van der Waals surface area (Å²) in [6.45, 7) is 5.41. The van der Waals surface area contributed by atoms with Gasteiger partial charge in [-0.15, -0.1) is 0 Å². The van der Waals surface area contributed by atoms with Gasteiger partial charge in [-0.1, -0.05) is 6.92 Å². The SMILES string of the molecule is CCC(C(=O)NC1CCOC(C)C1)N1CCCC1=O. The van der Waals surface area contributed by atoms with E-state index >= 15 is 0 Å². The average Bonchev–Trinajstić information content (AvgIpc) is 2.77. The molecular formula is C14H24N2O3. The molecule has 0 spiro atoms. The fraction of sp³-hybridized carbons (Fsp3) is 0.857.